The van der Waals surface area contributed by atoms with Gasteiger partial charge in [0.1, 0.15) is 18.2 Å². The molecule has 0 bridgehead atoms. The standard InChI is InChI=1S/C13H15F2N3O2/c1-8-3-4-9(14)11(12(8)15)13-17-16-10(7-19)18(13)5-6-20-2/h3-4,19H,5-7H2,1-2H3. The lowest BCUT2D eigenvalue weighted by Gasteiger charge is -2.11. The second-order valence-electron chi connectivity index (χ2n) is 4.30. The van der Waals surface area contributed by atoms with Gasteiger partial charge in [-0.05, 0) is 18.6 Å². The summed E-state index contributed by atoms with van der Waals surface area (Å²) >= 11 is 0. The first-order valence-corrected chi connectivity index (χ1v) is 6.07. The van der Waals surface area contributed by atoms with Crippen LogP contribution in [0.15, 0.2) is 12.1 Å². The predicted molar refractivity (Wildman–Crippen MR) is 67.9 cm³/mol. The van der Waals surface area contributed by atoms with Gasteiger partial charge in [-0.15, -0.1) is 10.2 Å². The van der Waals surface area contributed by atoms with Gasteiger partial charge in [-0.2, -0.15) is 0 Å². The zero-order chi connectivity index (χ0) is 14.7. The molecule has 0 aliphatic rings. The summed E-state index contributed by atoms with van der Waals surface area (Å²) in [6, 6.07) is 2.54. The number of aromatic nitrogens is 3. The topological polar surface area (TPSA) is 60.2 Å². The Balaban J connectivity index is 2.58. The van der Waals surface area contributed by atoms with Crippen LogP contribution >= 0.6 is 0 Å². The molecule has 1 aromatic carbocycles. The minimum atomic E-state index is -0.719. The Bertz CT molecular complexity index is 614. The first-order chi connectivity index (χ1) is 9.60. The monoisotopic (exact) mass is 283 g/mol. The SMILES string of the molecule is COCCn1c(CO)nnc1-c1c(F)ccc(C)c1F. The lowest BCUT2D eigenvalue weighted by atomic mass is 10.1. The van der Waals surface area contributed by atoms with Crippen LogP contribution in [0.4, 0.5) is 8.78 Å². The highest BCUT2D eigenvalue weighted by atomic mass is 19.1. The van der Waals surface area contributed by atoms with E-state index in [9.17, 15) is 13.9 Å². The van der Waals surface area contributed by atoms with Crippen molar-refractivity contribution in [2.75, 3.05) is 13.7 Å². The molecule has 0 spiro atoms. The maximum absolute atomic E-state index is 14.1. The summed E-state index contributed by atoms with van der Waals surface area (Å²) in [7, 11) is 1.51. The molecule has 0 atom stereocenters. The number of aliphatic hydroxyl groups is 1. The van der Waals surface area contributed by atoms with Crippen molar-refractivity contribution in [3.63, 3.8) is 0 Å². The Labute approximate surface area is 114 Å². The highest BCUT2D eigenvalue weighted by molar-refractivity contribution is 5.58. The second-order valence-corrected chi connectivity index (χ2v) is 4.30. The van der Waals surface area contributed by atoms with Crippen molar-refractivity contribution in [1.29, 1.82) is 0 Å². The lowest BCUT2D eigenvalue weighted by molar-refractivity contribution is 0.183. The molecule has 0 saturated carbocycles. The third-order valence-electron chi connectivity index (χ3n) is 3.00. The van der Waals surface area contributed by atoms with Gasteiger partial charge in [0.05, 0.1) is 12.2 Å². The normalized spacial score (nSPS) is 11.1. The quantitative estimate of drug-likeness (QED) is 0.906. The molecule has 0 aliphatic heterocycles. The molecule has 2 rings (SSSR count). The summed E-state index contributed by atoms with van der Waals surface area (Å²) in [6.45, 7) is 1.78. The minimum absolute atomic E-state index is 0.0461. The van der Waals surface area contributed by atoms with Gasteiger partial charge < -0.3 is 14.4 Å². The number of aryl methyl sites for hydroxylation is 1. The van der Waals surface area contributed by atoms with Crippen molar-refractivity contribution in [2.45, 2.75) is 20.1 Å². The van der Waals surface area contributed by atoms with E-state index in [0.29, 0.717) is 18.7 Å². The second kappa shape index (κ2) is 6.06. The zero-order valence-corrected chi connectivity index (χ0v) is 11.2. The van der Waals surface area contributed by atoms with Crippen LogP contribution in [0.2, 0.25) is 0 Å². The molecule has 0 unspecified atom stereocenters. The van der Waals surface area contributed by atoms with Gasteiger partial charge >= 0.3 is 0 Å². The van der Waals surface area contributed by atoms with Crippen LogP contribution in [-0.4, -0.2) is 33.6 Å². The highest BCUT2D eigenvalue weighted by Crippen LogP contribution is 2.27. The smallest absolute Gasteiger partial charge is 0.170 e. The van der Waals surface area contributed by atoms with E-state index in [0.717, 1.165) is 0 Å². The van der Waals surface area contributed by atoms with Gasteiger partial charge in [0.25, 0.3) is 0 Å². The van der Waals surface area contributed by atoms with Crippen LogP contribution < -0.4 is 0 Å². The molecule has 2 aromatic rings. The summed E-state index contributed by atoms with van der Waals surface area (Å²) in [5.41, 5.74) is 0.0709. The van der Waals surface area contributed by atoms with E-state index in [2.05, 4.69) is 10.2 Å². The summed E-state index contributed by atoms with van der Waals surface area (Å²) in [4.78, 5) is 0. The van der Waals surface area contributed by atoms with Crippen LogP contribution in [0, 0.1) is 18.6 Å². The number of benzene rings is 1. The average Bonchev–Trinajstić information content (AvgIpc) is 2.84. The maximum atomic E-state index is 14.1. The van der Waals surface area contributed by atoms with Crippen LogP contribution in [0.3, 0.4) is 0 Å². The number of hydrogen-bond donors (Lipinski definition) is 1. The van der Waals surface area contributed by atoms with Gasteiger partial charge in [0.15, 0.2) is 11.6 Å². The third kappa shape index (κ3) is 2.54. The van der Waals surface area contributed by atoms with Crippen LogP contribution in [-0.2, 0) is 17.9 Å². The number of nitrogens with zero attached hydrogens (tertiary/aromatic N) is 3. The predicted octanol–water partition coefficient (Wildman–Crippen LogP) is 1.67. The van der Waals surface area contributed by atoms with E-state index in [1.807, 2.05) is 0 Å². The molecule has 20 heavy (non-hydrogen) atoms. The van der Waals surface area contributed by atoms with E-state index in [1.54, 1.807) is 6.92 Å². The van der Waals surface area contributed by atoms with Crippen molar-refractivity contribution >= 4 is 0 Å². The highest BCUT2D eigenvalue weighted by Gasteiger charge is 2.21. The fourth-order valence-electron chi connectivity index (χ4n) is 1.92. The minimum Gasteiger partial charge on any atom is -0.388 e. The fourth-order valence-corrected chi connectivity index (χ4v) is 1.92. The van der Waals surface area contributed by atoms with E-state index < -0.39 is 11.6 Å². The molecule has 108 valence electrons. The molecule has 1 aromatic heterocycles. The maximum Gasteiger partial charge on any atom is 0.170 e. The van der Waals surface area contributed by atoms with E-state index >= 15 is 0 Å². The largest absolute Gasteiger partial charge is 0.388 e. The molecule has 1 N–H and O–H groups in total. The van der Waals surface area contributed by atoms with Crippen molar-refractivity contribution in [3.8, 4) is 11.4 Å². The van der Waals surface area contributed by atoms with Gasteiger partial charge in [-0.25, -0.2) is 8.78 Å². The Kier molecular flexibility index (Phi) is 4.41. The summed E-state index contributed by atoms with van der Waals surface area (Å²) in [6.07, 6.45) is 0. The fraction of sp³-hybridized carbons (Fsp3) is 0.385. The number of aliphatic hydroxyl groups excluding tert-OH is 1. The number of halogens is 2. The molecule has 1 heterocycles. The van der Waals surface area contributed by atoms with Crippen LogP contribution in [0.5, 0.6) is 0 Å². The number of hydrogen-bond acceptors (Lipinski definition) is 4. The first kappa shape index (κ1) is 14.5. The Morgan fingerprint density at radius 1 is 1.30 bits per heavy atom. The Hall–Kier alpha value is -1.86. The molecule has 7 heteroatoms. The number of ether oxygens (including phenoxy) is 1. The van der Waals surface area contributed by atoms with Gasteiger partial charge in [-0.3, -0.25) is 0 Å². The number of methoxy groups -OCH3 is 1. The molecule has 0 fully saturated rings. The molecule has 0 radical (unpaired) electrons. The van der Waals surface area contributed by atoms with E-state index in [4.69, 9.17) is 4.74 Å². The van der Waals surface area contributed by atoms with Gasteiger partial charge in [0, 0.05) is 13.7 Å². The molecule has 0 saturated heterocycles. The molecular weight excluding hydrogens is 268 g/mol. The van der Waals surface area contributed by atoms with Crippen molar-refractivity contribution in [3.05, 3.63) is 35.2 Å². The molecule has 0 amide bonds. The van der Waals surface area contributed by atoms with E-state index in [1.165, 1.54) is 23.8 Å². The lowest BCUT2D eigenvalue weighted by Crippen LogP contribution is -2.11. The van der Waals surface area contributed by atoms with Crippen molar-refractivity contribution in [2.24, 2.45) is 0 Å². The van der Waals surface area contributed by atoms with Gasteiger partial charge in [-0.1, -0.05) is 6.07 Å². The number of rotatable bonds is 5. The summed E-state index contributed by atoms with van der Waals surface area (Å²) in [5.74, 6) is -1.12. The van der Waals surface area contributed by atoms with E-state index in [-0.39, 0.29) is 23.8 Å². The van der Waals surface area contributed by atoms with Crippen molar-refractivity contribution in [1.82, 2.24) is 14.8 Å². The summed E-state index contributed by atoms with van der Waals surface area (Å²) < 4.78 is 34.5. The first-order valence-electron chi connectivity index (χ1n) is 6.07. The average molecular weight is 283 g/mol. The third-order valence-corrected chi connectivity index (χ3v) is 3.00. The zero-order valence-electron chi connectivity index (χ0n) is 11.2. The molecule has 5 nitrogen and oxygen atoms in total. The van der Waals surface area contributed by atoms with Crippen molar-refractivity contribution < 1.29 is 18.6 Å². The van der Waals surface area contributed by atoms with Crippen LogP contribution in [0.25, 0.3) is 11.4 Å². The Morgan fingerprint density at radius 3 is 2.70 bits per heavy atom. The van der Waals surface area contributed by atoms with Crippen LogP contribution in [0.1, 0.15) is 11.4 Å². The molecular formula is C13H15F2N3O2. The van der Waals surface area contributed by atoms with Gasteiger partial charge in [0.2, 0.25) is 0 Å². The Morgan fingerprint density at radius 2 is 2.05 bits per heavy atom. The summed E-state index contributed by atoms with van der Waals surface area (Å²) in [5, 5.41) is 16.8. The molecule has 0 aliphatic carbocycles.